The minimum atomic E-state index is -0.0254. The van der Waals surface area contributed by atoms with E-state index in [-0.39, 0.29) is 11.8 Å². The lowest BCUT2D eigenvalue weighted by Crippen LogP contribution is -2.55. The molecule has 1 amide bonds. The number of carbonyl (C=O) groups is 1. The molecule has 150 valence electrons. The van der Waals surface area contributed by atoms with Gasteiger partial charge in [0.1, 0.15) is 12.1 Å². The predicted molar refractivity (Wildman–Crippen MR) is 114 cm³/mol. The van der Waals surface area contributed by atoms with Crippen molar-refractivity contribution in [3.05, 3.63) is 59.7 Å². The van der Waals surface area contributed by atoms with E-state index in [1.807, 2.05) is 67.6 Å². The summed E-state index contributed by atoms with van der Waals surface area (Å²) in [5.41, 5.74) is 4.10. The molecule has 0 N–H and O–H groups in total. The fraction of sp³-hybridized carbons (Fsp3) is 0.364. The molecule has 29 heavy (non-hydrogen) atoms. The summed E-state index contributed by atoms with van der Waals surface area (Å²) in [7, 11) is 0. The van der Waals surface area contributed by atoms with Gasteiger partial charge in [0.25, 0.3) is 0 Å². The molecule has 0 radical (unpaired) electrons. The molecule has 1 aliphatic rings. The number of benzene rings is 1. The molecule has 0 aliphatic carbocycles. The Kier molecular flexibility index (Phi) is 5.05. The van der Waals surface area contributed by atoms with E-state index in [2.05, 4.69) is 26.0 Å². The van der Waals surface area contributed by atoms with Crippen LogP contribution in [0.25, 0.3) is 5.82 Å². The van der Waals surface area contributed by atoms with Crippen molar-refractivity contribution in [2.75, 3.05) is 29.4 Å². The zero-order valence-corrected chi connectivity index (χ0v) is 17.3. The Morgan fingerprint density at radius 3 is 2.52 bits per heavy atom. The maximum atomic E-state index is 13.0. The van der Waals surface area contributed by atoms with E-state index in [0.717, 1.165) is 34.3 Å². The molecule has 1 aliphatic heterocycles. The first-order valence-corrected chi connectivity index (χ1v) is 9.95. The van der Waals surface area contributed by atoms with Crippen LogP contribution in [0.3, 0.4) is 0 Å². The standard InChI is InChI=1S/C22H26N6O/c1-5-27(19-8-6-7-15(2)9-19)22(29)18-12-26(13-18)20-11-21(24-14-23-20)28-17(4)10-16(3)25-28/h6-11,14,18H,5,12-13H2,1-4H3. The molecule has 7 nitrogen and oxygen atoms in total. The number of hydrogen-bond donors (Lipinski definition) is 0. The smallest absolute Gasteiger partial charge is 0.233 e. The Morgan fingerprint density at radius 2 is 1.86 bits per heavy atom. The van der Waals surface area contributed by atoms with E-state index in [1.165, 1.54) is 0 Å². The van der Waals surface area contributed by atoms with E-state index >= 15 is 0 Å². The fourth-order valence-corrected chi connectivity index (χ4v) is 3.79. The van der Waals surface area contributed by atoms with Crippen molar-refractivity contribution in [1.29, 1.82) is 0 Å². The number of carbonyl (C=O) groups excluding carboxylic acids is 1. The summed E-state index contributed by atoms with van der Waals surface area (Å²) >= 11 is 0. The Hall–Kier alpha value is -3.22. The molecule has 0 bridgehead atoms. The van der Waals surface area contributed by atoms with E-state index in [4.69, 9.17) is 0 Å². The summed E-state index contributed by atoms with van der Waals surface area (Å²) in [6.45, 7) is 10.0. The van der Waals surface area contributed by atoms with Gasteiger partial charge in [0.15, 0.2) is 5.82 Å². The first-order chi connectivity index (χ1) is 14.0. The lowest BCUT2D eigenvalue weighted by molar-refractivity contribution is -0.123. The summed E-state index contributed by atoms with van der Waals surface area (Å²) in [6.07, 6.45) is 1.56. The predicted octanol–water partition coefficient (Wildman–Crippen LogP) is 3.08. The number of nitrogens with zero attached hydrogens (tertiary/aromatic N) is 6. The molecule has 0 atom stereocenters. The molecule has 7 heteroatoms. The maximum absolute atomic E-state index is 13.0. The number of aromatic nitrogens is 4. The minimum Gasteiger partial charge on any atom is -0.355 e. The number of anilines is 2. The second-order valence-corrected chi connectivity index (χ2v) is 7.60. The van der Waals surface area contributed by atoms with Crippen LogP contribution in [-0.2, 0) is 4.79 Å². The van der Waals surface area contributed by atoms with Crippen molar-refractivity contribution >= 4 is 17.4 Å². The third-order valence-electron chi connectivity index (χ3n) is 5.32. The Morgan fingerprint density at radius 1 is 1.10 bits per heavy atom. The summed E-state index contributed by atoms with van der Waals surface area (Å²) in [4.78, 5) is 25.8. The van der Waals surface area contributed by atoms with Crippen molar-refractivity contribution in [2.45, 2.75) is 27.7 Å². The summed E-state index contributed by atoms with van der Waals surface area (Å²) in [5.74, 6) is 1.71. The van der Waals surface area contributed by atoms with Gasteiger partial charge in [-0.05, 0) is 51.5 Å². The number of amides is 1. The third-order valence-corrected chi connectivity index (χ3v) is 5.32. The number of rotatable bonds is 5. The molecule has 1 aromatic carbocycles. The molecule has 1 fully saturated rings. The van der Waals surface area contributed by atoms with Crippen LogP contribution in [0.2, 0.25) is 0 Å². The molecule has 2 aromatic heterocycles. The number of hydrogen-bond acceptors (Lipinski definition) is 5. The minimum absolute atomic E-state index is 0.0254. The average Bonchev–Trinajstić information content (AvgIpc) is 3.00. The Labute approximate surface area is 171 Å². The molecule has 3 heterocycles. The summed E-state index contributed by atoms with van der Waals surface area (Å²) < 4.78 is 1.82. The van der Waals surface area contributed by atoms with Gasteiger partial charge in [-0.25, -0.2) is 14.6 Å². The molecule has 0 saturated carbocycles. The van der Waals surface area contributed by atoms with E-state index < -0.39 is 0 Å². The second-order valence-electron chi connectivity index (χ2n) is 7.60. The Bertz CT molecular complexity index is 1040. The molecule has 4 rings (SSSR count). The van der Waals surface area contributed by atoms with Crippen LogP contribution in [0, 0.1) is 26.7 Å². The maximum Gasteiger partial charge on any atom is 0.233 e. The SMILES string of the molecule is CCN(C(=O)C1CN(c2cc(-n3nc(C)cc3C)ncn2)C1)c1cccc(C)c1. The molecular weight excluding hydrogens is 364 g/mol. The van der Waals surface area contributed by atoms with Crippen LogP contribution in [0.4, 0.5) is 11.5 Å². The average molecular weight is 390 g/mol. The van der Waals surface area contributed by atoms with Crippen LogP contribution >= 0.6 is 0 Å². The fourth-order valence-electron chi connectivity index (χ4n) is 3.79. The van der Waals surface area contributed by atoms with Gasteiger partial charge in [0.2, 0.25) is 5.91 Å². The first kappa shape index (κ1) is 19.1. The van der Waals surface area contributed by atoms with Gasteiger partial charge in [0.05, 0.1) is 11.6 Å². The highest BCUT2D eigenvalue weighted by atomic mass is 16.2. The largest absolute Gasteiger partial charge is 0.355 e. The second kappa shape index (κ2) is 7.66. The Balaban J connectivity index is 1.46. The summed E-state index contributed by atoms with van der Waals surface area (Å²) in [6, 6.07) is 12.0. The number of aryl methyl sites for hydroxylation is 3. The van der Waals surface area contributed by atoms with Crippen LogP contribution in [0.15, 0.2) is 42.7 Å². The summed E-state index contributed by atoms with van der Waals surface area (Å²) in [5, 5.41) is 4.49. The highest BCUT2D eigenvalue weighted by Gasteiger charge is 2.36. The molecule has 1 saturated heterocycles. The monoisotopic (exact) mass is 390 g/mol. The van der Waals surface area contributed by atoms with Gasteiger partial charge in [-0.3, -0.25) is 4.79 Å². The highest BCUT2D eigenvalue weighted by Crippen LogP contribution is 2.27. The molecule has 0 unspecified atom stereocenters. The van der Waals surface area contributed by atoms with E-state index in [0.29, 0.717) is 19.6 Å². The lowest BCUT2D eigenvalue weighted by atomic mass is 9.98. The van der Waals surface area contributed by atoms with Gasteiger partial charge >= 0.3 is 0 Å². The van der Waals surface area contributed by atoms with E-state index in [1.54, 1.807) is 6.33 Å². The molecular formula is C22H26N6O. The zero-order chi connectivity index (χ0) is 20.5. The van der Waals surface area contributed by atoms with Gasteiger partial charge in [-0.15, -0.1) is 0 Å². The third kappa shape index (κ3) is 3.72. The zero-order valence-electron chi connectivity index (χ0n) is 17.3. The van der Waals surface area contributed by atoms with Gasteiger partial charge in [-0.2, -0.15) is 5.10 Å². The van der Waals surface area contributed by atoms with Gasteiger partial charge in [0, 0.05) is 37.1 Å². The quantitative estimate of drug-likeness (QED) is 0.670. The van der Waals surface area contributed by atoms with Crippen LogP contribution < -0.4 is 9.80 Å². The van der Waals surface area contributed by atoms with E-state index in [9.17, 15) is 4.79 Å². The van der Waals surface area contributed by atoms with Crippen molar-refractivity contribution < 1.29 is 4.79 Å². The van der Waals surface area contributed by atoms with Crippen molar-refractivity contribution in [3.8, 4) is 5.82 Å². The van der Waals surface area contributed by atoms with Crippen molar-refractivity contribution in [1.82, 2.24) is 19.7 Å². The molecule has 0 spiro atoms. The highest BCUT2D eigenvalue weighted by molar-refractivity contribution is 5.96. The van der Waals surface area contributed by atoms with Crippen LogP contribution in [0.1, 0.15) is 23.9 Å². The normalized spacial score (nSPS) is 14.0. The van der Waals surface area contributed by atoms with Gasteiger partial charge in [-0.1, -0.05) is 12.1 Å². The lowest BCUT2D eigenvalue weighted by Gasteiger charge is -2.41. The van der Waals surface area contributed by atoms with Crippen LogP contribution in [-0.4, -0.2) is 45.3 Å². The first-order valence-electron chi connectivity index (χ1n) is 9.95. The van der Waals surface area contributed by atoms with Crippen molar-refractivity contribution in [2.24, 2.45) is 5.92 Å². The van der Waals surface area contributed by atoms with Crippen molar-refractivity contribution in [3.63, 3.8) is 0 Å². The van der Waals surface area contributed by atoms with Crippen LogP contribution in [0.5, 0.6) is 0 Å². The van der Waals surface area contributed by atoms with Gasteiger partial charge < -0.3 is 9.80 Å². The topological polar surface area (TPSA) is 67.2 Å². The molecule has 3 aromatic rings.